The number of hydrogen-bond acceptors (Lipinski definition) is 2. The van der Waals surface area contributed by atoms with E-state index >= 15 is 0 Å². The molecule has 17 heavy (non-hydrogen) atoms. The summed E-state index contributed by atoms with van der Waals surface area (Å²) < 4.78 is 6.18. The monoisotopic (exact) mass is 300 g/mol. The maximum Gasteiger partial charge on any atom is 0.133 e. The van der Waals surface area contributed by atoms with Gasteiger partial charge in [-0.05, 0) is 58.3 Å². The van der Waals surface area contributed by atoms with E-state index in [4.69, 9.17) is 4.74 Å². The Balaban J connectivity index is 2.90. The fourth-order valence-electron chi connectivity index (χ4n) is 2.03. The molecule has 0 unspecified atom stereocenters. The second-order valence-electron chi connectivity index (χ2n) is 4.51. The molecular weight excluding hydrogens is 280 g/mol. The molecule has 0 saturated carbocycles. The molecule has 1 rings (SSSR count). The van der Waals surface area contributed by atoms with Crippen LogP contribution in [0.4, 0.5) is 0 Å². The Hall–Kier alpha value is -0.540. The summed E-state index contributed by atoms with van der Waals surface area (Å²) in [5, 5.41) is 9.57. The zero-order valence-corrected chi connectivity index (χ0v) is 12.4. The summed E-state index contributed by atoms with van der Waals surface area (Å²) in [7, 11) is 1.66. The molecule has 0 fully saturated rings. The molecule has 1 aromatic carbocycles. The van der Waals surface area contributed by atoms with E-state index in [9.17, 15) is 5.11 Å². The van der Waals surface area contributed by atoms with Gasteiger partial charge in [-0.25, -0.2) is 0 Å². The molecule has 2 nitrogen and oxygen atoms in total. The zero-order chi connectivity index (χ0) is 12.9. The first-order valence-electron chi connectivity index (χ1n) is 6.04. The predicted molar refractivity (Wildman–Crippen MR) is 74.5 cm³/mol. The summed E-state index contributed by atoms with van der Waals surface area (Å²) in [5.74, 6) is 0.844. The lowest BCUT2D eigenvalue weighted by molar-refractivity contribution is 0.115. The lowest BCUT2D eigenvalue weighted by atomic mass is 9.78. The van der Waals surface area contributed by atoms with Crippen LogP contribution in [-0.2, 0) is 6.42 Å². The van der Waals surface area contributed by atoms with Crippen LogP contribution in [0.2, 0.25) is 0 Å². The highest BCUT2D eigenvalue weighted by Gasteiger charge is 2.25. The first-order chi connectivity index (χ1) is 8.10. The van der Waals surface area contributed by atoms with Crippen molar-refractivity contribution in [2.24, 2.45) is 5.41 Å². The number of rotatable bonds is 6. The fraction of sp³-hybridized carbons (Fsp3) is 0.571. The third-order valence-electron chi connectivity index (χ3n) is 3.63. The maximum absolute atomic E-state index is 9.57. The van der Waals surface area contributed by atoms with Gasteiger partial charge >= 0.3 is 0 Å². The van der Waals surface area contributed by atoms with Crippen LogP contribution in [0.5, 0.6) is 5.75 Å². The molecule has 0 aromatic heterocycles. The van der Waals surface area contributed by atoms with Gasteiger partial charge in [0.25, 0.3) is 0 Å². The van der Waals surface area contributed by atoms with Crippen molar-refractivity contribution in [3.05, 3.63) is 28.2 Å². The summed E-state index contributed by atoms with van der Waals surface area (Å²) in [6, 6.07) is 6.11. The van der Waals surface area contributed by atoms with Gasteiger partial charge in [0.05, 0.1) is 11.6 Å². The minimum atomic E-state index is 0.00796. The topological polar surface area (TPSA) is 29.5 Å². The van der Waals surface area contributed by atoms with Crippen LogP contribution in [0.25, 0.3) is 0 Å². The van der Waals surface area contributed by atoms with E-state index in [1.54, 1.807) is 7.11 Å². The molecule has 1 aromatic rings. The van der Waals surface area contributed by atoms with Crippen molar-refractivity contribution in [2.75, 3.05) is 13.7 Å². The van der Waals surface area contributed by atoms with E-state index in [1.807, 2.05) is 6.07 Å². The number of hydrogen-bond donors (Lipinski definition) is 1. The van der Waals surface area contributed by atoms with Crippen molar-refractivity contribution in [1.29, 1.82) is 0 Å². The van der Waals surface area contributed by atoms with Crippen LogP contribution in [-0.4, -0.2) is 18.8 Å². The molecule has 0 aliphatic carbocycles. The number of aliphatic hydroxyl groups excluding tert-OH is 1. The van der Waals surface area contributed by atoms with Gasteiger partial charge < -0.3 is 9.84 Å². The van der Waals surface area contributed by atoms with Crippen LogP contribution in [0.3, 0.4) is 0 Å². The summed E-state index contributed by atoms with van der Waals surface area (Å²) in [5.41, 5.74) is 1.24. The highest BCUT2D eigenvalue weighted by atomic mass is 79.9. The average molecular weight is 301 g/mol. The minimum absolute atomic E-state index is 0.00796. The van der Waals surface area contributed by atoms with Gasteiger partial charge in [-0.3, -0.25) is 0 Å². The molecule has 96 valence electrons. The molecular formula is C14H21BrO2. The Morgan fingerprint density at radius 2 is 1.94 bits per heavy atom. The second kappa shape index (κ2) is 6.41. The lowest BCUT2D eigenvalue weighted by Crippen LogP contribution is -2.26. The van der Waals surface area contributed by atoms with Crippen molar-refractivity contribution >= 4 is 15.9 Å². The molecule has 0 amide bonds. The van der Waals surface area contributed by atoms with Gasteiger partial charge in [-0.15, -0.1) is 0 Å². The highest BCUT2D eigenvalue weighted by Crippen LogP contribution is 2.33. The van der Waals surface area contributed by atoms with E-state index in [0.717, 1.165) is 29.5 Å². The molecule has 0 spiro atoms. The lowest BCUT2D eigenvalue weighted by Gasteiger charge is -2.29. The Labute approximate surface area is 112 Å². The predicted octanol–water partition coefficient (Wildman–Crippen LogP) is 3.80. The normalized spacial score (nSPS) is 11.6. The Bertz CT molecular complexity index is 351. The van der Waals surface area contributed by atoms with Gasteiger partial charge in [-0.2, -0.15) is 0 Å². The Morgan fingerprint density at radius 1 is 1.29 bits per heavy atom. The first kappa shape index (κ1) is 14.5. The zero-order valence-electron chi connectivity index (χ0n) is 10.8. The van der Waals surface area contributed by atoms with Gasteiger partial charge in [0.15, 0.2) is 0 Å². The number of methoxy groups -OCH3 is 1. The first-order valence-corrected chi connectivity index (χ1v) is 6.83. The molecule has 0 bridgehead atoms. The summed E-state index contributed by atoms with van der Waals surface area (Å²) in [6.45, 7) is 4.51. The molecule has 0 aliphatic rings. The molecule has 0 atom stereocenters. The smallest absolute Gasteiger partial charge is 0.133 e. The molecule has 1 N–H and O–H groups in total. The molecule has 0 aliphatic heterocycles. The molecule has 3 heteroatoms. The third kappa shape index (κ3) is 3.46. The minimum Gasteiger partial charge on any atom is -0.496 e. The van der Waals surface area contributed by atoms with Crippen LogP contribution in [0, 0.1) is 5.41 Å². The molecule has 0 saturated heterocycles. The van der Waals surface area contributed by atoms with Crippen LogP contribution < -0.4 is 4.74 Å². The second-order valence-corrected chi connectivity index (χ2v) is 5.37. The SMILES string of the molecule is CCC(CC)(CO)Cc1ccc(OC)c(Br)c1. The van der Waals surface area contributed by atoms with Crippen molar-refractivity contribution < 1.29 is 9.84 Å². The van der Waals surface area contributed by atoms with Crippen molar-refractivity contribution in [3.8, 4) is 5.75 Å². The average Bonchev–Trinajstić information content (AvgIpc) is 2.36. The standard InChI is InChI=1S/C14H21BrO2/c1-4-14(5-2,10-16)9-11-6-7-13(17-3)12(15)8-11/h6-8,16H,4-5,9-10H2,1-3H3. The van der Waals surface area contributed by atoms with Crippen LogP contribution in [0.15, 0.2) is 22.7 Å². The van der Waals surface area contributed by atoms with E-state index in [1.165, 1.54) is 5.56 Å². The summed E-state index contributed by atoms with van der Waals surface area (Å²) >= 11 is 3.49. The van der Waals surface area contributed by atoms with Crippen molar-refractivity contribution in [3.63, 3.8) is 0 Å². The Kier molecular flexibility index (Phi) is 5.47. The van der Waals surface area contributed by atoms with Crippen molar-refractivity contribution in [1.82, 2.24) is 0 Å². The van der Waals surface area contributed by atoms with Crippen LogP contribution in [0.1, 0.15) is 32.3 Å². The van der Waals surface area contributed by atoms with E-state index in [0.29, 0.717) is 0 Å². The van der Waals surface area contributed by atoms with E-state index in [2.05, 4.69) is 41.9 Å². The number of halogens is 1. The highest BCUT2D eigenvalue weighted by molar-refractivity contribution is 9.10. The number of aliphatic hydroxyl groups is 1. The summed E-state index contributed by atoms with van der Waals surface area (Å²) in [6.07, 6.45) is 2.88. The molecule has 0 heterocycles. The number of ether oxygens (including phenoxy) is 1. The number of benzene rings is 1. The van der Waals surface area contributed by atoms with Gasteiger partial charge in [0, 0.05) is 6.61 Å². The molecule has 0 radical (unpaired) electrons. The third-order valence-corrected chi connectivity index (χ3v) is 4.25. The van der Waals surface area contributed by atoms with Gasteiger partial charge in [0.2, 0.25) is 0 Å². The van der Waals surface area contributed by atoms with Crippen LogP contribution >= 0.6 is 15.9 Å². The van der Waals surface area contributed by atoms with E-state index in [-0.39, 0.29) is 12.0 Å². The Morgan fingerprint density at radius 3 is 2.35 bits per heavy atom. The largest absolute Gasteiger partial charge is 0.496 e. The van der Waals surface area contributed by atoms with E-state index < -0.39 is 0 Å². The fourth-order valence-corrected chi connectivity index (χ4v) is 2.62. The quantitative estimate of drug-likeness (QED) is 0.866. The summed E-state index contributed by atoms with van der Waals surface area (Å²) in [4.78, 5) is 0. The maximum atomic E-state index is 9.57. The van der Waals surface area contributed by atoms with Crippen molar-refractivity contribution in [2.45, 2.75) is 33.1 Å². The van der Waals surface area contributed by atoms with Gasteiger partial charge in [0.1, 0.15) is 5.75 Å². The van der Waals surface area contributed by atoms with Gasteiger partial charge in [-0.1, -0.05) is 19.9 Å².